The zero-order valence-electron chi connectivity index (χ0n) is 9.20. The van der Waals surface area contributed by atoms with E-state index in [9.17, 15) is 9.90 Å². The SMILES string of the molecule is O=C(O)C(O)c1cccc(OC2CCSC2)c1. The molecule has 1 heterocycles. The van der Waals surface area contributed by atoms with Crippen molar-refractivity contribution in [3.8, 4) is 5.75 Å². The van der Waals surface area contributed by atoms with E-state index < -0.39 is 12.1 Å². The molecule has 5 heteroatoms. The van der Waals surface area contributed by atoms with Gasteiger partial charge in [-0.05, 0) is 29.9 Å². The molecule has 2 rings (SSSR count). The Labute approximate surface area is 104 Å². The van der Waals surface area contributed by atoms with E-state index in [1.807, 2.05) is 11.8 Å². The van der Waals surface area contributed by atoms with Crippen LogP contribution in [0.3, 0.4) is 0 Å². The molecule has 2 unspecified atom stereocenters. The van der Waals surface area contributed by atoms with Gasteiger partial charge in [-0.1, -0.05) is 12.1 Å². The number of aliphatic hydroxyl groups is 1. The first-order valence-corrected chi connectivity index (χ1v) is 6.57. The molecule has 0 bridgehead atoms. The Bertz CT molecular complexity index is 401. The summed E-state index contributed by atoms with van der Waals surface area (Å²) in [5.41, 5.74) is 0.348. The van der Waals surface area contributed by atoms with Crippen molar-refractivity contribution in [2.75, 3.05) is 11.5 Å². The van der Waals surface area contributed by atoms with Crippen molar-refractivity contribution in [1.29, 1.82) is 0 Å². The van der Waals surface area contributed by atoms with Gasteiger partial charge >= 0.3 is 5.97 Å². The molecular formula is C12H14O4S. The largest absolute Gasteiger partial charge is 0.490 e. The standard InChI is InChI=1S/C12H14O4S/c13-11(12(14)15)8-2-1-3-9(6-8)16-10-4-5-17-7-10/h1-3,6,10-11,13H,4-5,7H2,(H,14,15). The van der Waals surface area contributed by atoms with E-state index in [1.54, 1.807) is 24.3 Å². The lowest BCUT2D eigenvalue weighted by atomic mass is 10.1. The number of carboxylic acids is 1. The second-order valence-electron chi connectivity index (χ2n) is 3.92. The van der Waals surface area contributed by atoms with Gasteiger partial charge in [0, 0.05) is 5.75 Å². The summed E-state index contributed by atoms with van der Waals surface area (Å²) in [5, 5.41) is 18.1. The molecule has 0 saturated carbocycles. The molecule has 1 saturated heterocycles. The van der Waals surface area contributed by atoms with Gasteiger partial charge in [0.25, 0.3) is 0 Å². The van der Waals surface area contributed by atoms with E-state index in [4.69, 9.17) is 9.84 Å². The van der Waals surface area contributed by atoms with Crippen LogP contribution in [0, 0.1) is 0 Å². The van der Waals surface area contributed by atoms with Crippen LogP contribution in [0.15, 0.2) is 24.3 Å². The van der Waals surface area contributed by atoms with Crippen LogP contribution in [0.4, 0.5) is 0 Å². The Kier molecular flexibility index (Phi) is 3.91. The topological polar surface area (TPSA) is 66.8 Å². The predicted octanol–water partition coefficient (Wildman–Crippen LogP) is 1.69. The molecule has 0 amide bonds. The van der Waals surface area contributed by atoms with Gasteiger partial charge in [0.15, 0.2) is 6.10 Å². The first kappa shape index (κ1) is 12.3. The summed E-state index contributed by atoms with van der Waals surface area (Å²) in [6, 6.07) is 6.64. The van der Waals surface area contributed by atoms with Crippen molar-refractivity contribution in [1.82, 2.24) is 0 Å². The average molecular weight is 254 g/mol. The van der Waals surface area contributed by atoms with Gasteiger partial charge in [-0.3, -0.25) is 0 Å². The third-order valence-corrected chi connectivity index (χ3v) is 3.73. The van der Waals surface area contributed by atoms with Crippen LogP contribution < -0.4 is 4.74 Å². The lowest BCUT2D eigenvalue weighted by Gasteiger charge is -2.14. The molecule has 2 atom stereocenters. The Balaban J connectivity index is 2.07. The van der Waals surface area contributed by atoms with Crippen LogP contribution in [0.2, 0.25) is 0 Å². The van der Waals surface area contributed by atoms with Crippen molar-refractivity contribution >= 4 is 17.7 Å². The lowest BCUT2D eigenvalue weighted by Crippen LogP contribution is -2.15. The normalized spacial score (nSPS) is 21.1. The third-order valence-electron chi connectivity index (χ3n) is 2.60. The molecule has 17 heavy (non-hydrogen) atoms. The molecule has 0 radical (unpaired) electrons. The smallest absolute Gasteiger partial charge is 0.337 e. The van der Waals surface area contributed by atoms with Gasteiger partial charge in [-0.25, -0.2) is 4.79 Å². The summed E-state index contributed by atoms with van der Waals surface area (Å²) >= 11 is 1.85. The van der Waals surface area contributed by atoms with Gasteiger partial charge in [-0.15, -0.1) is 0 Å². The minimum atomic E-state index is -1.49. The highest BCUT2D eigenvalue weighted by Gasteiger charge is 2.19. The molecule has 1 aromatic carbocycles. The number of aliphatic hydroxyl groups excluding tert-OH is 1. The monoisotopic (exact) mass is 254 g/mol. The molecule has 2 N–H and O–H groups in total. The number of thioether (sulfide) groups is 1. The highest BCUT2D eigenvalue weighted by molar-refractivity contribution is 7.99. The van der Waals surface area contributed by atoms with Crippen LogP contribution in [-0.4, -0.2) is 33.8 Å². The number of carbonyl (C=O) groups is 1. The molecule has 0 aliphatic carbocycles. The first-order valence-electron chi connectivity index (χ1n) is 5.42. The fourth-order valence-electron chi connectivity index (χ4n) is 1.70. The average Bonchev–Trinajstić information content (AvgIpc) is 2.81. The summed E-state index contributed by atoms with van der Waals surface area (Å²) in [6.45, 7) is 0. The van der Waals surface area contributed by atoms with Crippen molar-refractivity contribution in [2.24, 2.45) is 0 Å². The number of rotatable bonds is 4. The van der Waals surface area contributed by atoms with Gasteiger partial charge in [0.1, 0.15) is 11.9 Å². The van der Waals surface area contributed by atoms with Crippen LogP contribution in [-0.2, 0) is 4.79 Å². The summed E-state index contributed by atoms with van der Waals surface area (Å²) in [6.07, 6.45) is -0.287. The Morgan fingerprint density at radius 3 is 3.00 bits per heavy atom. The summed E-state index contributed by atoms with van der Waals surface area (Å²) in [4.78, 5) is 10.7. The quantitative estimate of drug-likeness (QED) is 0.856. The van der Waals surface area contributed by atoms with E-state index in [0.29, 0.717) is 11.3 Å². The number of hydrogen-bond donors (Lipinski definition) is 2. The summed E-state index contributed by atoms with van der Waals surface area (Å²) < 4.78 is 5.72. The summed E-state index contributed by atoms with van der Waals surface area (Å²) in [5.74, 6) is 1.43. The van der Waals surface area contributed by atoms with Gasteiger partial charge < -0.3 is 14.9 Å². The predicted molar refractivity (Wildman–Crippen MR) is 65.4 cm³/mol. The molecule has 0 spiro atoms. The second-order valence-corrected chi connectivity index (χ2v) is 5.07. The minimum Gasteiger partial charge on any atom is -0.490 e. The van der Waals surface area contributed by atoms with Gasteiger partial charge in [0.05, 0.1) is 0 Å². The van der Waals surface area contributed by atoms with Crippen LogP contribution in [0.1, 0.15) is 18.1 Å². The number of benzene rings is 1. The fraction of sp³-hybridized carbons (Fsp3) is 0.417. The molecule has 1 aliphatic rings. The number of ether oxygens (including phenoxy) is 1. The molecule has 1 aromatic rings. The number of hydrogen-bond acceptors (Lipinski definition) is 4. The van der Waals surface area contributed by atoms with E-state index >= 15 is 0 Å². The maximum Gasteiger partial charge on any atom is 0.337 e. The zero-order chi connectivity index (χ0) is 12.3. The van der Waals surface area contributed by atoms with Crippen LogP contribution in [0.25, 0.3) is 0 Å². The lowest BCUT2D eigenvalue weighted by molar-refractivity contribution is -0.146. The molecule has 1 aliphatic heterocycles. The molecule has 0 aromatic heterocycles. The van der Waals surface area contributed by atoms with E-state index in [0.717, 1.165) is 17.9 Å². The minimum absolute atomic E-state index is 0.192. The molecular weight excluding hydrogens is 240 g/mol. The molecule has 1 fully saturated rings. The second kappa shape index (κ2) is 5.42. The van der Waals surface area contributed by atoms with E-state index in [1.165, 1.54) is 0 Å². The van der Waals surface area contributed by atoms with Crippen LogP contribution in [0.5, 0.6) is 5.75 Å². The number of aliphatic carboxylic acids is 1. The number of carboxylic acid groups (broad SMARTS) is 1. The summed E-state index contributed by atoms with van der Waals surface area (Å²) in [7, 11) is 0. The zero-order valence-corrected chi connectivity index (χ0v) is 10.0. The van der Waals surface area contributed by atoms with Crippen molar-refractivity contribution in [3.05, 3.63) is 29.8 Å². The maximum atomic E-state index is 10.7. The Morgan fingerprint density at radius 1 is 1.53 bits per heavy atom. The van der Waals surface area contributed by atoms with E-state index in [2.05, 4.69) is 0 Å². The van der Waals surface area contributed by atoms with Gasteiger partial charge in [0.2, 0.25) is 0 Å². The highest BCUT2D eigenvalue weighted by atomic mass is 32.2. The molecule has 92 valence electrons. The fourth-order valence-corrected chi connectivity index (χ4v) is 2.79. The van der Waals surface area contributed by atoms with Crippen LogP contribution >= 0.6 is 11.8 Å². The van der Waals surface area contributed by atoms with Crippen molar-refractivity contribution in [2.45, 2.75) is 18.6 Å². The molecule has 4 nitrogen and oxygen atoms in total. The Hall–Kier alpha value is -1.20. The first-order chi connectivity index (χ1) is 8.16. The van der Waals surface area contributed by atoms with Crippen molar-refractivity contribution < 1.29 is 19.7 Å². The van der Waals surface area contributed by atoms with Crippen molar-refractivity contribution in [3.63, 3.8) is 0 Å². The highest BCUT2D eigenvalue weighted by Crippen LogP contribution is 2.25. The Morgan fingerprint density at radius 2 is 2.35 bits per heavy atom. The van der Waals surface area contributed by atoms with E-state index in [-0.39, 0.29) is 6.10 Å². The van der Waals surface area contributed by atoms with Gasteiger partial charge in [-0.2, -0.15) is 11.8 Å². The maximum absolute atomic E-state index is 10.7. The third kappa shape index (κ3) is 3.14.